The lowest BCUT2D eigenvalue weighted by Crippen LogP contribution is -2.45. The standard InChI is InChI=1S/C23H26N2O4/c26-21(25-14-8-3-9-15-25)17-29-23(28)20(16-18-10-4-1-5-11-18)24-22(27)19-12-6-2-7-13-19/h1-2,4-7,10-13,20H,3,8-9,14-17H2,(H,24,27). The van der Waals surface area contributed by atoms with Gasteiger partial charge in [0.05, 0.1) is 0 Å². The van der Waals surface area contributed by atoms with Crippen LogP contribution in [-0.4, -0.2) is 48.4 Å². The van der Waals surface area contributed by atoms with Gasteiger partial charge in [0.1, 0.15) is 6.04 Å². The molecule has 0 saturated carbocycles. The molecule has 0 aromatic heterocycles. The van der Waals surface area contributed by atoms with Crippen molar-refractivity contribution in [3.8, 4) is 0 Å². The van der Waals surface area contributed by atoms with Gasteiger partial charge in [0.2, 0.25) is 0 Å². The number of piperidine rings is 1. The van der Waals surface area contributed by atoms with Crippen LogP contribution in [-0.2, 0) is 20.7 Å². The van der Waals surface area contributed by atoms with Gasteiger partial charge < -0.3 is 15.0 Å². The third-order valence-electron chi connectivity index (χ3n) is 4.96. The Bertz CT molecular complexity index is 817. The molecule has 1 saturated heterocycles. The van der Waals surface area contributed by atoms with Gasteiger partial charge in [-0.05, 0) is 37.0 Å². The lowest BCUT2D eigenvalue weighted by atomic mass is 10.1. The molecule has 1 N–H and O–H groups in total. The van der Waals surface area contributed by atoms with E-state index in [1.165, 1.54) is 0 Å². The fourth-order valence-electron chi connectivity index (χ4n) is 3.34. The number of carbonyl (C=O) groups excluding carboxylic acids is 3. The second-order valence-corrected chi connectivity index (χ2v) is 7.13. The summed E-state index contributed by atoms with van der Waals surface area (Å²) < 4.78 is 5.28. The molecule has 1 fully saturated rings. The summed E-state index contributed by atoms with van der Waals surface area (Å²) in [5, 5.41) is 2.75. The Morgan fingerprint density at radius 2 is 1.52 bits per heavy atom. The molecule has 29 heavy (non-hydrogen) atoms. The first-order valence-electron chi connectivity index (χ1n) is 9.98. The average molecular weight is 394 g/mol. The molecule has 2 aromatic rings. The van der Waals surface area contributed by atoms with E-state index in [-0.39, 0.29) is 24.8 Å². The van der Waals surface area contributed by atoms with Crippen LogP contribution in [0.2, 0.25) is 0 Å². The summed E-state index contributed by atoms with van der Waals surface area (Å²) in [6.07, 6.45) is 3.36. The van der Waals surface area contributed by atoms with Gasteiger partial charge in [-0.15, -0.1) is 0 Å². The van der Waals surface area contributed by atoms with E-state index in [1.54, 1.807) is 29.2 Å². The van der Waals surface area contributed by atoms with E-state index in [1.807, 2.05) is 36.4 Å². The number of nitrogens with one attached hydrogen (secondary N) is 1. The van der Waals surface area contributed by atoms with Crippen LogP contribution in [0, 0.1) is 0 Å². The van der Waals surface area contributed by atoms with Crippen molar-refractivity contribution in [1.29, 1.82) is 0 Å². The van der Waals surface area contributed by atoms with E-state index < -0.39 is 12.0 Å². The molecule has 0 spiro atoms. The third-order valence-corrected chi connectivity index (χ3v) is 4.96. The highest BCUT2D eigenvalue weighted by molar-refractivity contribution is 5.97. The molecule has 6 heteroatoms. The number of esters is 1. The number of carbonyl (C=O) groups is 3. The van der Waals surface area contributed by atoms with Crippen LogP contribution in [0.5, 0.6) is 0 Å². The molecular weight excluding hydrogens is 368 g/mol. The number of amides is 2. The molecule has 2 aromatic carbocycles. The van der Waals surface area contributed by atoms with Crippen LogP contribution in [0.1, 0.15) is 35.2 Å². The fraction of sp³-hybridized carbons (Fsp3) is 0.348. The van der Waals surface area contributed by atoms with E-state index in [4.69, 9.17) is 4.74 Å². The van der Waals surface area contributed by atoms with Crippen LogP contribution in [0.4, 0.5) is 0 Å². The summed E-state index contributed by atoms with van der Waals surface area (Å²) in [6, 6.07) is 17.2. The van der Waals surface area contributed by atoms with Gasteiger partial charge in [0.15, 0.2) is 6.61 Å². The molecule has 1 atom stereocenters. The van der Waals surface area contributed by atoms with Crippen LogP contribution >= 0.6 is 0 Å². The van der Waals surface area contributed by atoms with Crippen molar-refractivity contribution < 1.29 is 19.1 Å². The SMILES string of the molecule is O=C(NC(Cc1ccccc1)C(=O)OCC(=O)N1CCCCC1)c1ccccc1. The van der Waals surface area contributed by atoms with E-state index in [0.717, 1.165) is 24.8 Å². The Morgan fingerprint density at radius 3 is 2.17 bits per heavy atom. The molecule has 3 rings (SSSR count). The van der Waals surface area contributed by atoms with Gasteiger partial charge in [-0.25, -0.2) is 4.79 Å². The summed E-state index contributed by atoms with van der Waals surface area (Å²) in [4.78, 5) is 39.3. The number of benzene rings is 2. The minimum Gasteiger partial charge on any atom is -0.454 e. The van der Waals surface area contributed by atoms with Gasteiger partial charge in [-0.3, -0.25) is 9.59 Å². The largest absolute Gasteiger partial charge is 0.454 e. The van der Waals surface area contributed by atoms with Crippen molar-refractivity contribution in [2.45, 2.75) is 31.7 Å². The van der Waals surface area contributed by atoms with Crippen molar-refractivity contribution in [3.05, 3.63) is 71.8 Å². The van der Waals surface area contributed by atoms with Crippen LogP contribution in [0.25, 0.3) is 0 Å². The number of hydrogen-bond acceptors (Lipinski definition) is 4. The Hall–Kier alpha value is -3.15. The first kappa shape index (κ1) is 20.6. The lowest BCUT2D eigenvalue weighted by Gasteiger charge is -2.26. The molecule has 2 amide bonds. The van der Waals surface area contributed by atoms with E-state index in [0.29, 0.717) is 18.7 Å². The smallest absolute Gasteiger partial charge is 0.329 e. The van der Waals surface area contributed by atoms with Gasteiger partial charge in [-0.1, -0.05) is 48.5 Å². The summed E-state index contributed by atoms with van der Waals surface area (Å²) in [5.74, 6) is -1.15. The third kappa shape index (κ3) is 6.17. The second-order valence-electron chi connectivity index (χ2n) is 7.13. The Labute approximate surface area is 170 Å². The molecule has 1 heterocycles. The van der Waals surface area contributed by atoms with Gasteiger partial charge in [0.25, 0.3) is 11.8 Å². The van der Waals surface area contributed by atoms with Gasteiger partial charge in [-0.2, -0.15) is 0 Å². The zero-order valence-corrected chi connectivity index (χ0v) is 16.4. The maximum atomic E-state index is 12.7. The maximum absolute atomic E-state index is 12.7. The summed E-state index contributed by atoms with van der Waals surface area (Å²) in [6.45, 7) is 1.11. The summed E-state index contributed by atoms with van der Waals surface area (Å²) >= 11 is 0. The van der Waals surface area contributed by atoms with Crippen LogP contribution in [0.15, 0.2) is 60.7 Å². The predicted molar refractivity (Wildman–Crippen MR) is 109 cm³/mol. The van der Waals surface area contributed by atoms with Crippen molar-refractivity contribution in [3.63, 3.8) is 0 Å². The molecule has 1 aliphatic heterocycles. The van der Waals surface area contributed by atoms with Crippen molar-refractivity contribution in [2.24, 2.45) is 0 Å². The van der Waals surface area contributed by atoms with Crippen molar-refractivity contribution >= 4 is 17.8 Å². The molecule has 1 unspecified atom stereocenters. The summed E-state index contributed by atoms with van der Waals surface area (Å²) in [7, 11) is 0. The predicted octanol–water partition coefficient (Wildman–Crippen LogP) is 2.58. The monoisotopic (exact) mass is 394 g/mol. The zero-order valence-electron chi connectivity index (χ0n) is 16.4. The minimum absolute atomic E-state index is 0.189. The molecule has 0 bridgehead atoms. The minimum atomic E-state index is -0.876. The first-order valence-corrected chi connectivity index (χ1v) is 9.98. The lowest BCUT2D eigenvalue weighted by molar-refractivity contribution is -0.153. The topological polar surface area (TPSA) is 75.7 Å². The van der Waals surface area contributed by atoms with E-state index in [2.05, 4.69) is 5.32 Å². The molecule has 1 aliphatic rings. The first-order chi connectivity index (χ1) is 14.1. The highest BCUT2D eigenvalue weighted by atomic mass is 16.5. The van der Waals surface area contributed by atoms with Crippen molar-refractivity contribution in [1.82, 2.24) is 10.2 Å². The highest BCUT2D eigenvalue weighted by Gasteiger charge is 2.25. The summed E-state index contributed by atoms with van der Waals surface area (Å²) in [5.41, 5.74) is 1.35. The zero-order chi connectivity index (χ0) is 20.5. The van der Waals surface area contributed by atoms with Crippen LogP contribution in [0.3, 0.4) is 0 Å². The molecule has 0 aliphatic carbocycles. The van der Waals surface area contributed by atoms with E-state index in [9.17, 15) is 14.4 Å². The normalized spacial score (nSPS) is 14.7. The van der Waals surface area contributed by atoms with Gasteiger partial charge >= 0.3 is 5.97 Å². The quantitative estimate of drug-likeness (QED) is 0.733. The molecule has 152 valence electrons. The molecule has 0 radical (unpaired) electrons. The van der Waals surface area contributed by atoms with E-state index >= 15 is 0 Å². The van der Waals surface area contributed by atoms with Crippen molar-refractivity contribution in [2.75, 3.05) is 19.7 Å². The Kier molecular flexibility index (Phi) is 7.39. The molecular formula is C23H26N2O4. The average Bonchev–Trinajstić information content (AvgIpc) is 2.78. The Balaban J connectivity index is 1.63. The maximum Gasteiger partial charge on any atom is 0.329 e. The van der Waals surface area contributed by atoms with Gasteiger partial charge in [0, 0.05) is 25.1 Å². The Morgan fingerprint density at radius 1 is 0.897 bits per heavy atom. The number of nitrogens with zero attached hydrogens (tertiary/aromatic N) is 1. The molecule has 6 nitrogen and oxygen atoms in total. The number of ether oxygens (including phenoxy) is 1. The number of likely N-dealkylation sites (tertiary alicyclic amines) is 1. The van der Waals surface area contributed by atoms with Crippen LogP contribution < -0.4 is 5.32 Å². The number of rotatable bonds is 7. The fourth-order valence-corrected chi connectivity index (χ4v) is 3.34. The second kappa shape index (κ2) is 10.4. The number of hydrogen-bond donors (Lipinski definition) is 1. The highest BCUT2D eigenvalue weighted by Crippen LogP contribution is 2.10.